The summed E-state index contributed by atoms with van der Waals surface area (Å²) < 4.78 is 0. The average Bonchev–Trinajstić information content (AvgIpc) is 2.74. The Morgan fingerprint density at radius 1 is 0.913 bits per heavy atom. The van der Waals surface area contributed by atoms with Gasteiger partial charge in [0, 0.05) is 8.07 Å². The number of aryl methyl sites for hydroxylation is 2. The molecule has 0 saturated carbocycles. The smallest absolute Gasteiger partial charge is 1.00 e. The number of hydrogen-bond donors (Lipinski definition) is 0. The first-order chi connectivity index (χ1) is 8.77. The minimum atomic E-state index is -1.16. The molecule has 0 saturated heterocycles. The Morgan fingerprint density at radius 2 is 1.39 bits per heavy atom. The summed E-state index contributed by atoms with van der Waals surface area (Å²) in [6, 6.07) is 11.7. The maximum Gasteiger partial charge on any atom is 4.00 e. The molecule has 0 atom stereocenters. The molecule has 0 aromatic heterocycles. The van der Waals surface area contributed by atoms with E-state index >= 15 is 0 Å². The molecule has 2 aromatic carbocycles. The topological polar surface area (TPSA) is 0 Å². The van der Waals surface area contributed by atoms with E-state index < -0.39 is 8.07 Å². The van der Waals surface area contributed by atoms with Gasteiger partial charge in [0.2, 0.25) is 0 Å². The van der Waals surface area contributed by atoms with Gasteiger partial charge in [0.1, 0.15) is 0 Å². The van der Waals surface area contributed by atoms with Gasteiger partial charge in [0.25, 0.3) is 0 Å². The van der Waals surface area contributed by atoms with Crippen LogP contribution in [0.4, 0.5) is 0 Å². The van der Waals surface area contributed by atoms with Crippen molar-refractivity contribution in [3.63, 3.8) is 0 Å². The van der Waals surface area contributed by atoms with Crippen molar-refractivity contribution in [2.24, 2.45) is 0 Å². The number of benzene rings is 1. The summed E-state index contributed by atoms with van der Waals surface area (Å²) in [5.74, 6) is 0. The summed E-state index contributed by atoms with van der Waals surface area (Å²) in [6.45, 7) is 13.9. The van der Waals surface area contributed by atoms with Crippen LogP contribution in [0.15, 0.2) is 30.3 Å². The zero-order chi connectivity index (χ0) is 14.2. The van der Waals surface area contributed by atoms with Gasteiger partial charge < -0.3 is 37.2 Å². The molecule has 0 nitrogen and oxygen atoms in total. The second kappa shape index (κ2) is 11.1. The van der Waals surface area contributed by atoms with E-state index in [1.165, 1.54) is 27.8 Å². The van der Waals surface area contributed by atoms with Crippen LogP contribution in [-0.4, -0.2) is 8.07 Å². The summed E-state index contributed by atoms with van der Waals surface area (Å²) in [6.07, 6.45) is 1.06. The monoisotopic (exact) mass is 422 g/mol. The first kappa shape index (κ1) is 28.2. The summed E-state index contributed by atoms with van der Waals surface area (Å²) in [5, 5.41) is 1.57. The van der Waals surface area contributed by atoms with Crippen molar-refractivity contribution in [3.05, 3.63) is 58.1 Å². The van der Waals surface area contributed by atoms with E-state index in [2.05, 4.69) is 70.7 Å². The van der Waals surface area contributed by atoms with E-state index in [4.69, 9.17) is 0 Å². The van der Waals surface area contributed by atoms with Crippen molar-refractivity contribution in [2.45, 2.75) is 46.8 Å². The molecule has 0 N–H and O–H groups in total. The Balaban J connectivity index is -0.000001000. The molecule has 0 amide bonds. The van der Waals surface area contributed by atoms with Crippen LogP contribution in [-0.2, 0) is 28.1 Å². The Bertz CT molecular complexity index is 578. The first-order valence-electron chi connectivity index (χ1n) is 7.10. The molecule has 2 rings (SSSR count). The fourth-order valence-corrected chi connectivity index (χ4v) is 3.73. The number of hydrogen-bond acceptors (Lipinski definition) is 0. The van der Waals surface area contributed by atoms with Crippen LogP contribution < -0.4 is 42.4 Å². The molecule has 0 bridgehead atoms. The van der Waals surface area contributed by atoms with Crippen LogP contribution in [0.25, 0.3) is 0 Å². The molecule has 2 aromatic rings. The molecule has 0 heterocycles. The van der Waals surface area contributed by atoms with E-state index in [1.807, 2.05) is 0 Å². The summed E-state index contributed by atoms with van der Waals surface area (Å²) in [5.41, 5.74) is 7.14. The minimum Gasteiger partial charge on any atom is -1.00 e. The van der Waals surface area contributed by atoms with Crippen molar-refractivity contribution in [1.82, 2.24) is 0 Å². The molecular formula is C18H25Cl3SiTi. The predicted molar refractivity (Wildman–Crippen MR) is 88.5 cm³/mol. The third kappa shape index (κ3) is 7.42. The molecule has 0 unspecified atom stereocenters. The standard InChI is InChI=1S/C18H25Si.3ClH.Ti/c1-13-9-17(10-14(2)15(13)3)11-16-7-8-18(12-16)19(4,5)6;;;;/h7-10,12H,11H2,1-6H3;3*1H;/q-1;;;;+4/p-3. The van der Waals surface area contributed by atoms with Crippen LogP contribution in [0, 0.1) is 20.8 Å². The third-order valence-electron chi connectivity index (χ3n) is 4.08. The Labute approximate surface area is 176 Å². The SMILES string of the molecule is Cc1cc(C[c-]2ccc([Si](C)(C)C)c2)cc(C)c1C.[Cl-].[Cl-].[Cl-].[Ti+4]. The van der Waals surface area contributed by atoms with Crippen LogP contribution in [0.1, 0.15) is 27.8 Å². The van der Waals surface area contributed by atoms with Gasteiger partial charge in [0.05, 0.1) is 0 Å². The molecule has 23 heavy (non-hydrogen) atoms. The first-order valence-corrected chi connectivity index (χ1v) is 10.6. The van der Waals surface area contributed by atoms with Gasteiger partial charge in [0.15, 0.2) is 0 Å². The normalized spacial score (nSPS) is 9.83. The van der Waals surface area contributed by atoms with Gasteiger partial charge >= 0.3 is 21.7 Å². The fourth-order valence-electron chi connectivity index (χ4n) is 2.53. The molecule has 0 aliphatic heterocycles. The quantitative estimate of drug-likeness (QED) is 0.345. The van der Waals surface area contributed by atoms with Gasteiger partial charge in [-0.3, -0.25) is 0 Å². The Hall–Kier alpha value is 0.371. The molecule has 0 aliphatic carbocycles. The second-order valence-corrected chi connectivity index (χ2v) is 11.9. The van der Waals surface area contributed by atoms with Crippen LogP contribution in [0.5, 0.6) is 0 Å². The molecule has 0 aliphatic rings. The van der Waals surface area contributed by atoms with Gasteiger partial charge in [-0.1, -0.05) is 37.3 Å². The van der Waals surface area contributed by atoms with Crippen molar-refractivity contribution in [2.75, 3.05) is 0 Å². The van der Waals surface area contributed by atoms with Crippen molar-refractivity contribution >= 4 is 13.3 Å². The van der Waals surface area contributed by atoms with E-state index in [-0.39, 0.29) is 58.9 Å². The predicted octanol–water partition coefficient (Wildman–Crippen LogP) is -4.52. The van der Waals surface area contributed by atoms with E-state index in [0.29, 0.717) is 0 Å². The summed E-state index contributed by atoms with van der Waals surface area (Å²) >= 11 is 0. The van der Waals surface area contributed by atoms with Gasteiger partial charge in [-0.2, -0.15) is 17.7 Å². The van der Waals surface area contributed by atoms with E-state index in [0.717, 1.165) is 6.42 Å². The Kier molecular flexibility index (Phi) is 13.6. The van der Waals surface area contributed by atoms with Crippen LogP contribution in [0.3, 0.4) is 0 Å². The fraction of sp³-hybridized carbons (Fsp3) is 0.389. The maximum atomic E-state index is 2.41. The van der Waals surface area contributed by atoms with Gasteiger partial charge in [-0.15, -0.1) is 0 Å². The van der Waals surface area contributed by atoms with Crippen molar-refractivity contribution < 1.29 is 58.9 Å². The maximum absolute atomic E-state index is 2.41. The number of halogens is 3. The van der Waals surface area contributed by atoms with E-state index in [1.54, 1.807) is 5.19 Å². The average molecular weight is 424 g/mol. The van der Waals surface area contributed by atoms with Gasteiger partial charge in [-0.25, -0.2) is 11.3 Å². The van der Waals surface area contributed by atoms with Crippen molar-refractivity contribution in [3.8, 4) is 0 Å². The third-order valence-corrected chi connectivity index (χ3v) is 6.12. The molecular weight excluding hydrogens is 399 g/mol. The molecule has 0 spiro atoms. The summed E-state index contributed by atoms with van der Waals surface area (Å²) in [4.78, 5) is 0. The second-order valence-electron chi connectivity index (χ2n) is 6.79. The Morgan fingerprint density at radius 3 is 1.78 bits per heavy atom. The van der Waals surface area contributed by atoms with Crippen LogP contribution in [0.2, 0.25) is 19.6 Å². The summed E-state index contributed by atoms with van der Waals surface area (Å²) in [7, 11) is -1.16. The molecule has 0 radical (unpaired) electrons. The molecule has 126 valence electrons. The zero-order valence-electron chi connectivity index (χ0n) is 14.7. The zero-order valence-corrected chi connectivity index (χ0v) is 19.6. The van der Waals surface area contributed by atoms with Gasteiger partial charge in [-0.05, 0) is 43.9 Å². The molecule has 5 heteroatoms. The number of rotatable bonds is 3. The molecule has 0 fully saturated rings. The van der Waals surface area contributed by atoms with Crippen molar-refractivity contribution in [1.29, 1.82) is 0 Å². The van der Waals surface area contributed by atoms with Crippen LogP contribution >= 0.6 is 0 Å². The largest absolute Gasteiger partial charge is 4.00 e. The minimum absolute atomic E-state index is 0. The van der Waals surface area contributed by atoms with E-state index in [9.17, 15) is 0 Å².